The molecule has 92 valence electrons. The molecule has 0 aromatic rings. The molecule has 0 fully saturated rings. The number of halogens is 1. The van der Waals surface area contributed by atoms with E-state index in [1.54, 1.807) is 0 Å². The highest BCUT2D eigenvalue weighted by Gasteiger charge is 2.04. The molecule has 15 heavy (non-hydrogen) atoms. The largest absolute Gasteiger partial charge is 0.354 e. The number of carbonyl (C=O) groups excluding carboxylic acids is 1. The number of nitrogens with two attached hydrogens (primary N) is 1. The Kier molecular flexibility index (Phi) is 13.5. The second-order valence-electron chi connectivity index (χ2n) is 3.83. The molecule has 1 amide bonds. The van der Waals surface area contributed by atoms with E-state index in [9.17, 15) is 4.79 Å². The summed E-state index contributed by atoms with van der Waals surface area (Å²) in [5.74, 6) is 0.187. The molecule has 0 heterocycles. The Labute approximate surface area is 99.6 Å². The number of hydrogen-bond acceptors (Lipinski definition) is 2. The molecule has 0 bridgehead atoms. The highest BCUT2D eigenvalue weighted by Crippen LogP contribution is 2.02. The Balaban J connectivity index is 0. The summed E-state index contributed by atoms with van der Waals surface area (Å²) < 4.78 is 0. The Morgan fingerprint density at radius 2 is 1.87 bits per heavy atom. The lowest BCUT2D eigenvalue weighted by Gasteiger charge is -2.10. The van der Waals surface area contributed by atoms with Gasteiger partial charge in [0.2, 0.25) is 5.91 Å². The maximum absolute atomic E-state index is 11.3. The lowest BCUT2D eigenvalue weighted by atomic mass is 10.1. The zero-order valence-corrected chi connectivity index (χ0v) is 10.7. The first-order valence-corrected chi connectivity index (χ1v) is 5.70. The molecule has 0 spiro atoms. The molecule has 0 aromatic carbocycles. The minimum Gasteiger partial charge on any atom is -0.354 e. The van der Waals surface area contributed by atoms with Gasteiger partial charge < -0.3 is 11.1 Å². The van der Waals surface area contributed by atoms with E-state index in [-0.39, 0.29) is 18.3 Å². The van der Waals surface area contributed by atoms with Crippen LogP contribution in [0.2, 0.25) is 0 Å². The predicted molar refractivity (Wildman–Crippen MR) is 67.3 cm³/mol. The molecule has 4 heteroatoms. The van der Waals surface area contributed by atoms with Crippen LogP contribution in [0.1, 0.15) is 52.4 Å². The molecule has 0 aliphatic rings. The van der Waals surface area contributed by atoms with Crippen LogP contribution in [0.15, 0.2) is 0 Å². The van der Waals surface area contributed by atoms with E-state index in [0.717, 1.165) is 38.6 Å². The van der Waals surface area contributed by atoms with Gasteiger partial charge in [0.25, 0.3) is 0 Å². The maximum Gasteiger partial charge on any atom is 0.220 e. The number of unbranched alkanes of at least 4 members (excludes halogenated alkanes) is 3. The van der Waals surface area contributed by atoms with Crippen LogP contribution in [0.5, 0.6) is 0 Å². The SMILES string of the molecule is CCC(C)NC(=O)CCCCCCN.Cl. The minimum absolute atomic E-state index is 0. The van der Waals surface area contributed by atoms with Gasteiger partial charge in [0.15, 0.2) is 0 Å². The van der Waals surface area contributed by atoms with Gasteiger partial charge in [-0.05, 0) is 32.7 Å². The van der Waals surface area contributed by atoms with E-state index in [4.69, 9.17) is 5.73 Å². The maximum atomic E-state index is 11.3. The van der Waals surface area contributed by atoms with Gasteiger partial charge in [-0.2, -0.15) is 0 Å². The molecule has 0 aromatic heterocycles. The number of rotatable bonds is 8. The van der Waals surface area contributed by atoms with Gasteiger partial charge in [-0.25, -0.2) is 0 Å². The summed E-state index contributed by atoms with van der Waals surface area (Å²) in [6, 6.07) is 0.312. The summed E-state index contributed by atoms with van der Waals surface area (Å²) in [5.41, 5.74) is 5.38. The van der Waals surface area contributed by atoms with Crippen molar-refractivity contribution >= 4 is 18.3 Å². The fourth-order valence-electron chi connectivity index (χ4n) is 1.23. The summed E-state index contributed by atoms with van der Waals surface area (Å²) in [5, 5.41) is 2.96. The molecule has 0 aliphatic carbocycles. The Morgan fingerprint density at radius 3 is 2.40 bits per heavy atom. The van der Waals surface area contributed by atoms with Crippen molar-refractivity contribution in [2.24, 2.45) is 5.73 Å². The zero-order chi connectivity index (χ0) is 10.8. The summed E-state index contributed by atoms with van der Waals surface area (Å²) in [6.45, 7) is 4.87. The van der Waals surface area contributed by atoms with Crippen LogP contribution >= 0.6 is 12.4 Å². The second kappa shape index (κ2) is 11.8. The van der Waals surface area contributed by atoms with Crippen molar-refractivity contribution in [2.45, 2.75) is 58.4 Å². The normalized spacial score (nSPS) is 11.7. The standard InChI is InChI=1S/C11H24N2O.ClH/c1-3-10(2)13-11(14)8-6-4-5-7-9-12;/h10H,3-9,12H2,1-2H3,(H,13,14);1H. The highest BCUT2D eigenvalue weighted by molar-refractivity contribution is 5.85. The van der Waals surface area contributed by atoms with Crippen LogP contribution < -0.4 is 11.1 Å². The van der Waals surface area contributed by atoms with Crippen LogP contribution in [0.3, 0.4) is 0 Å². The van der Waals surface area contributed by atoms with Crippen LogP contribution in [-0.4, -0.2) is 18.5 Å². The number of carbonyl (C=O) groups is 1. The lowest BCUT2D eigenvalue weighted by molar-refractivity contribution is -0.121. The van der Waals surface area contributed by atoms with Crippen molar-refractivity contribution in [3.05, 3.63) is 0 Å². The van der Waals surface area contributed by atoms with Crippen molar-refractivity contribution in [2.75, 3.05) is 6.54 Å². The number of nitrogens with one attached hydrogen (secondary N) is 1. The molecule has 3 N–H and O–H groups in total. The quantitative estimate of drug-likeness (QED) is 0.635. The Bertz CT molecular complexity index is 154. The van der Waals surface area contributed by atoms with Crippen molar-refractivity contribution in [3.8, 4) is 0 Å². The second-order valence-corrected chi connectivity index (χ2v) is 3.83. The molecule has 0 saturated heterocycles. The van der Waals surface area contributed by atoms with E-state index in [1.165, 1.54) is 0 Å². The fourth-order valence-corrected chi connectivity index (χ4v) is 1.23. The van der Waals surface area contributed by atoms with Crippen LogP contribution in [0.25, 0.3) is 0 Å². The summed E-state index contributed by atoms with van der Waals surface area (Å²) in [4.78, 5) is 11.3. The van der Waals surface area contributed by atoms with Gasteiger partial charge in [0.1, 0.15) is 0 Å². The summed E-state index contributed by atoms with van der Waals surface area (Å²) in [7, 11) is 0. The van der Waals surface area contributed by atoms with Crippen molar-refractivity contribution < 1.29 is 4.79 Å². The van der Waals surface area contributed by atoms with Gasteiger partial charge in [-0.1, -0.05) is 19.8 Å². The van der Waals surface area contributed by atoms with Gasteiger partial charge in [-0.3, -0.25) is 4.79 Å². The van der Waals surface area contributed by atoms with Crippen molar-refractivity contribution in [1.29, 1.82) is 0 Å². The van der Waals surface area contributed by atoms with E-state index >= 15 is 0 Å². The Morgan fingerprint density at radius 1 is 1.27 bits per heavy atom. The predicted octanol–water partition coefficient (Wildman–Crippen LogP) is 2.23. The molecule has 1 unspecified atom stereocenters. The zero-order valence-electron chi connectivity index (χ0n) is 9.92. The summed E-state index contributed by atoms with van der Waals surface area (Å²) >= 11 is 0. The van der Waals surface area contributed by atoms with Crippen LogP contribution in [-0.2, 0) is 4.79 Å². The monoisotopic (exact) mass is 236 g/mol. The van der Waals surface area contributed by atoms with Crippen molar-refractivity contribution in [3.63, 3.8) is 0 Å². The van der Waals surface area contributed by atoms with Crippen LogP contribution in [0.4, 0.5) is 0 Å². The molecule has 0 radical (unpaired) electrons. The van der Waals surface area contributed by atoms with Gasteiger partial charge >= 0.3 is 0 Å². The summed E-state index contributed by atoms with van der Waals surface area (Å²) in [6.07, 6.45) is 5.99. The van der Waals surface area contributed by atoms with Crippen molar-refractivity contribution in [1.82, 2.24) is 5.32 Å². The first kappa shape index (κ1) is 17.1. The molecular weight excluding hydrogens is 212 g/mol. The molecule has 0 rings (SSSR count). The minimum atomic E-state index is 0. The van der Waals surface area contributed by atoms with Gasteiger partial charge in [-0.15, -0.1) is 12.4 Å². The Hall–Kier alpha value is -0.280. The first-order chi connectivity index (χ1) is 6.70. The third kappa shape index (κ3) is 11.6. The molecule has 0 aliphatic heterocycles. The fraction of sp³-hybridized carbons (Fsp3) is 0.909. The van der Waals surface area contributed by atoms with E-state index in [2.05, 4.69) is 12.2 Å². The lowest BCUT2D eigenvalue weighted by Crippen LogP contribution is -2.31. The highest BCUT2D eigenvalue weighted by atomic mass is 35.5. The third-order valence-corrected chi connectivity index (χ3v) is 2.38. The first-order valence-electron chi connectivity index (χ1n) is 5.70. The van der Waals surface area contributed by atoms with E-state index < -0.39 is 0 Å². The molecule has 0 saturated carbocycles. The van der Waals surface area contributed by atoms with E-state index in [1.807, 2.05) is 6.92 Å². The van der Waals surface area contributed by atoms with Crippen LogP contribution in [0, 0.1) is 0 Å². The topological polar surface area (TPSA) is 55.1 Å². The van der Waals surface area contributed by atoms with Gasteiger partial charge in [0.05, 0.1) is 0 Å². The van der Waals surface area contributed by atoms with E-state index in [0.29, 0.717) is 12.5 Å². The third-order valence-electron chi connectivity index (χ3n) is 2.38. The number of amides is 1. The van der Waals surface area contributed by atoms with Gasteiger partial charge in [0, 0.05) is 12.5 Å². The smallest absolute Gasteiger partial charge is 0.220 e. The molecule has 3 nitrogen and oxygen atoms in total. The average Bonchev–Trinajstić information content (AvgIpc) is 2.17. The molecular formula is C11H25ClN2O. The molecule has 1 atom stereocenters. The average molecular weight is 237 g/mol. The number of hydrogen-bond donors (Lipinski definition) is 2.